The van der Waals surface area contributed by atoms with Crippen LogP contribution in [0.4, 0.5) is 5.69 Å². The van der Waals surface area contributed by atoms with E-state index < -0.39 is 22.6 Å². The molecule has 0 fully saturated rings. The summed E-state index contributed by atoms with van der Waals surface area (Å²) in [6.45, 7) is 0. The molecule has 0 aliphatic carbocycles. The predicted octanol–water partition coefficient (Wildman–Crippen LogP) is 1.54. The fourth-order valence-electron chi connectivity index (χ4n) is 2.22. The van der Waals surface area contributed by atoms with Crippen LogP contribution in [0.15, 0.2) is 48.5 Å². The van der Waals surface area contributed by atoms with Crippen LogP contribution in [-0.2, 0) is 0 Å². The second-order valence-electron chi connectivity index (χ2n) is 4.74. The number of imide groups is 1. The van der Waals surface area contributed by atoms with Crippen molar-refractivity contribution in [3.63, 3.8) is 0 Å². The van der Waals surface area contributed by atoms with Crippen molar-refractivity contribution in [1.29, 1.82) is 0 Å². The highest BCUT2D eigenvalue weighted by Gasteiger charge is 2.36. The highest BCUT2D eigenvalue weighted by molar-refractivity contribution is 6.22. The third-order valence-corrected chi connectivity index (χ3v) is 3.33. The molecule has 0 bridgehead atoms. The molecule has 0 atom stereocenters. The summed E-state index contributed by atoms with van der Waals surface area (Å²) in [5.41, 5.74) is 2.27. The van der Waals surface area contributed by atoms with Crippen LogP contribution >= 0.6 is 0 Å². The van der Waals surface area contributed by atoms with Gasteiger partial charge in [-0.3, -0.25) is 29.9 Å². The van der Waals surface area contributed by atoms with Crippen LogP contribution in [0.25, 0.3) is 0 Å². The molecule has 8 nitrogen and oxygen atoms in total. The number of hydrogen-bond donors (Lipinski definition) is 1. The van der Waals surface area contributed by atoms with E-state index in [2.05, 4.69) is 5.43 Å². The summed E-state index contributed by atoms with van der Waals surface area (Å²) in [4.78, 5) is 46.5. The predicted molar refractivity (Wildman–Crippen MR) is 77.5 cm³/mol. The fraction of sp³-hybridized carbons (Fsp3) is 0. The van der Waals surface area contributed by atoms with Crippen LogP contribution in [0.1, 0.15) is 31.1 Å². The first-order valence-corrected chi connectivity index (χ1v) is 6.52. The van der Waals surface area contributed by atoms with Crippen molar-refractivity contribution in [3.8, 4) is 0 Å². The van der Waals surface area contributed by atoms with Crippen molar-refractivity contribution < 1.29 is 19.3 Å². The number of nitro groups is 1. The monoisotopic (exact) mass is 311 g/mol. The van der Waals surface area contributed by atoms with Gasteiger partial charge in [-0.15, -0.1) is 0 Å². The zero-order valence-electron chi connectivity index (χ0n) is 11.6. The molecule has 23 heavy (non-hydrogen) atoms. The summed E-state index contributed by atoms with van der Waals surface area (Å²) < 4.78 is 0. The van der Waals surface area contributed by atoms with E-state index in [0.29, 0.717) is 5.01 Å². The summed E-state index contributed by atoms with van der Waals surface area (Å²) >= 11 is 0. The van der Waals surface area contributed by atoms with Crippen molar-refractivity contribution in [2.24, 2.45) is 0 Å². The third kappa shape index (κ3) is 2.42. The molecule has 1 heterocycles. The maximum Gasteiger partial charge on any atom is 0.280 e. The molecule has 1 aliphatic heterocycles. The Kier molecular flexibility index (Phi) is 3.34. The molecule has 3 rings (SSSR count). The van der Waals surface area contributed by atoms with Gasteiger partial charge >= 0.3 is 0 Å². The summed E-state index contributed by atoms with van der Waals surface area (Å²) in [7, 11) is 0. The second-order valence-corrected chi connectivity index (χ2v) is 4.74. The van der Waals surface area contributed by atoms with E-state index in [1.165, 1.54) is 30.3 Å². The zero-order chi connectivity index (χ0) is 16.6. The van der Waals surface area contributed by atoms with Crippen LogP contribution in [0.5, 0.6) is 0 Å². The number of benzene rings is 2. The molecule has 0 radical (unpaired) electrons. The molecule has 114 valence electrons. The van der Waals surface area contributed by atoms with Crippen LogP contribution < -0.4 is 5.43 Å². The molecule has 2 aromatic rings. The summed E-state index contributed by atoms with van der Waals surface area (Å²) in [6, 6.07) is 11.2. The summed E-state index contributed by atoms with van der Waals surface area (Å²) in [5, 5.41) is 11.3. The standard InChI is InChI=1S/C15H9N3O5/c19-13(9-4-3-5-10(8-9)18(22)23)16-17-14(20)11-6-1-2-7-12(11)15(17)21/h1-8H,(H,16,19). The average Bonchev–Trinajstić information content (AvgIpc) is 2.80. The Bertz CT molecular complexity index is 827. The highest BCUT2D eigenvalue weighted by atomic mass is 16.6. The molecule has 1 N–H and O–H groups in total. The number of fused-ring (bicyclic) bond motifs is 1. The van der Waals surface area contributed by atoms with Crippen molar-refractivity contribution in [2.45, 2.75) is 0 Å². The van der Waals surface area contributed by atoms with Crippen molar-refractivity contribution in [1.82, 2.24) is 10.4 Å². The Morgan fingerprint density at radius 2 is 1.61 bits per heavy atom. The number of amides is 3. The van der Waals surface area contributed by atoms with Crippen LogP contribution in [0, 0.1) is 10.1 Å². The number of carbonyl (C=O) groups is 3. The van der Waals surface area contributed by atoms with Crippen LogP contribution in [-0.4, -0.2) is 27.7 Å². The first kappa shape index (κ1) is 14.4. The van der Waals surface area contributed by atoms with Gasteiger partial charge in [0.25, 0.3) is 23.4 Å². The largest absolute Gasteiger partial charge is 0.280 e. The van der Waals surface area contributed by atoms with Gasteiger partial charge in [-0.25, -0.2) is 0 Å². The Hall–Kier alpha value is -3.55. The van der Waals surface area contributed by atoms with E-state index in [-0.39, 0.29) is 22.4 Å². The Labute approximate surface area is 129 Å². The number of nitrogens with one attached hydrogen (secondary N) is 1. The quantitative estimate of drug-likeness (QED) is 0.525. The van der Waals surface area contributed by atoms with Gasteiger partial charge in [0.05, 0.1) is 16.1 Å². The van der Waals surface area contributed by atoms with Crippen LogP contribution in [0.3, 0.4) is 0 Å². The number of non-ortho nitro benzene ring substituents is 1. The maximum atomic E-state index is 12.1. The van der Waals surface area contributed by atoms with Gasteiger partial charge in [0, 0.05) is 17.7 Å². The smallest absolute Gasteiger partial charge is 0.267 e. The number of nitro benzene ring substituents is 1. The van der Waals surface area contributed by atoms with Crippen molar-refractivity contribution in [3.05, 3.63) is 75.3 Å². The maximum absolute atomic E-state index is 12.1. The molecule has 0 unspecified atom stereocenters. The van der Waals surface area contributed by atoms with E-state index >= 15 is 0 Å². The SMILES string of the molecule is O=C(NN1C(=O)c2ccccc2C1=O)c1cccc([N+](=O)[O-])c1. The summed E-state index contributed by atoms with van der Waals surface area (Å²) in [6.07, 6.45) is 0. The lowest BCUT2D eigenvalue weighted by atomic mass is 10.1. The lowest BCUT2D eigenvalue weighted by Gasteiger charge is -2.14. The normalized spacial score (nSPS) is 13.0. The first-order valence-electron chi connectivity index (χ1n) is 6.52. The minimum atomic E-state index is -0.789. The molecule has 0 spiro atoms. The lowest BCUT2D eigenvalue weighted by Crippen LogP contribution is -2.45. The van der Waals surface area contributed by atoms with E-state index in [9.17, 15) is 24.5 Å². The molecule has 3 amide bonds. The molecule has 0 aromatic heterocycles. The molecule has 1 aliphatic rings. The van der Waals surface area contributed by atoms with E-state index in [1.807, 2.05) is 0 Å². The molecular formula is C15H9N3O5. The van der Waals surface area contributed by atoms with Gasteiger partial charge in [0.1, 0.15) is 0 Å². The first-order chi connectivity index (χ1) is 11.0. The third-order valence-electron chi connectivity index (χ3n) is 3.33. The van der Waals surface area contributed by atoms with Crippen molar-refractivity contribution >= 4 is 23.4 Å². The fourth-order valence-corrected chi connectivity index (χ4v) is 2.22. The Balaban J connectivity index is 1.85. The van der Waals surface area contributed by atoms with Crippen LogP contribution in [0.2, 0.25) is 0 Å². The van der Waals surface area contributed by atoms with E-state index in [4.69, 9.17) is 0 Å². The van der Waals surface area contributed by atoms with E-state index in [0.717, 1.165) is 6.07 Å². The number of carbonyl (C=O) groups excluding carboxylic acids is 3. The zero-order valence-corrected chi connectivity index (χ0v) is 11.6. The summed E-state index contributed by atoms with van der Waals surface area (Å²) in [5.74, 6) is -2.09. The van der Waals surface area contributed by atoms with Gasteiger partial charge in [0.15, 0.2) is 0 Å². The molecular weight excluding hydrogens is 302 g/mol. The van der Waals surface area contributed by atoms with Gasteiger partial charge in [-0.2, -0.15) is 5.01 Å². The minimum Gasteiger partial charge on any atom is -0.267 e. The molecule has 0 saturated heterocycles. The number of hydrazine groups is 1. The Morgan fingerprint density at radius 3 is 2.17 bits per heavy atom. The highest BCUT2D eigenvalue weighted by Crippen LogP contribution is 2.21. The number of hydrogen-bond acceptors (Lipinski definition) is 5. The number of rotatable bonds is 3. The topological polar surface area (TPSA) is 110 Å². The lowest BCUT2D eigenvalue weighted by molar-refractivity contribution is -0.384. The average molecular weight is 311 g/mol. The Morgan fingerprint density at radius 1 is 1.00 bits per heavy atom. The second kappa shape index (κ2) is 5.34. The van der Waals surface area contributed by atoms with E-state index in [1.54, 1.807) is 12.1 Å². The molecule has 8 heteroatoms. The van der Waals surface area contributed by atoms with Gasteiger partial charge < -0.3 is 0 Å². The van der Waals surface area contributed by atoms with Gasteiger partial charge in [0.2, 0.25) is 0 Å². The number of nitrogens with zero attached hydrogens (tertiary/aromatic N) is 2. The van der Waals surface area contributed by atoms with Gasteiger partial charge in [-0.1, -0.05) is 18.2 Å². The molecule has 2 aromatic carbocycles. The van der Waals surface area contributed by atoms with Gasteiger partial charge in [-0.05, 0) is 18.2 Å². The van der Waals surface area contributed by atoms with Crippen molar-refractivity contribution in [2.75, 3.05) is 0 Å². The molecule has 0 saturated carbocycles. The minimum absolute atomic E-state index is 0.0317.